The third-order valence-corrected chi connectivity index (χ3v) is 5.09. The minimum atomic E-state index is -0.469. The van der Waals surface area contributed by atoms with Crippen LogP contribution >= 0.6 is 0 Å². The highest BCUT2D eigenvalue weighted by Crippen LogP contribution is 2.38. The molecule has 0 fully saturated rings. The smallest absolute Gasteiger partial charge is 0.300 e. The van der Waals surface area contributed by atoms with Crippen LogP contribution < -0.4 is 15.6 Å². The quantitative estimate of drug-likeness (QED) is 0.561. The van der Waals surface area contributed by atoms with E-state index >= 15 is 0 Å². The maximum atomic E-state index is 13.4. The maximum Gasteiger partial charge on any atom is 0.300 e. The second-order valence-electron chi connectivity index (χ2n) is 6.88. The SMILES string of the molecule is COc1ccccc1C1Nc2ccccc2-c2nc(=O)c(-c3ccc(F)cc3)nn21. The van der Waals surface area contributed by atoms with Crippen molar-refractivity contribution >= 4 is 5.69 Å². The Hall–Kier alpha value is -4.00. The van der Waals surface area contributed by atoms with Crippen LogP contribution in [0.1, 0.15) is 11.7 Å². The Balaban J connectivity index is 1.77. The summed E-state index contributed by atoms with van der Waals surface area (Å²) in [4.78, 5) is 17.2. The van der Waals surface area contributed by atoms with E-state index in [0.717, 1.165) is 16.8 Å². The van der Waals surface area contributed by atoms with Gasteiger partial charge in [0.2, 0.25) is 0 Å². The first kappa shape index (κ1) is 18.1. The Kier molecular flexibility index (Phi) is 4.28. The largest absolute Gasteiger partial charge is 0.496 e. The number of para-hydroxylation sites is 2. The Morgan fingerprint density at radius 2 is 1.73 bits per heavy atom. The van der Waals surface area contributed by atoms with Crippen molar-refractivity contribution in [1.29, 1.82) is 0 Å². The molecule has 0 radical (unpaired) electrons. The molecule has 4 aromatic rings. The molecule has 0 amide bonds. The molecule has 148 valence electrons. The molecule has 0 saturated carbocycles. The van der Waals surface area contributed by atoms with Crippen molar-refractivity contribution in [3.05, 3.63) is 94.5 Å². The predicted molar refractivity (Wildman–Crippen MR) is 112 cm³/mol. The number of hydrogen-bond acceptors (Lipinski definition) is 5. The highest BCUT2D eigenvalue weighted by Gasteiger charge is 2.29. The molecule has 0 spiro atoms. The second-order valence-corrected chi connectivity index (χ2v) is 6.88. The summed E-state index contributed by atoms with van der Waals surface area (Å²) in [5.74, 6) is 0.757. The summed E-state index contributed by atoms with van der Waals surface area (Å²) >= 11 is 0. The first-order valence-corrected chi connectivity index (χ1v) is 9.41. The van der Waals surface area contributed by atoms with E-state index < -0.39 is 11.7 Å². The van der Waals surface area contributed by atoms with Gasteiger partial charge in [-0.2, -0.15) is 10.1 Å². The molecular formula is C23H17FN4O2. The van der Waals surface area contributed by atoms with Gasteiger partial charge in [0.05, 0.1) is 7.11 Å². The van der Waals surface area contributed by atoms with Crippen LogP contribution in [0.4, 0.5) is 10.1 Å². The molecule has 5 rings (SSSR count). The molecule has 30 heavy (non-hydrogen) atoms. The molecular weight excluding hydrogens is 383 g/mol. The fourth-order valence-corrected chi connectivity index (χ4v) is 3.67. The van der Waals surface area contributed by atoms with Crippen molar-refractivity contribution in [2.24, 2.45) is 0 Å². The van der Waals surface area contributed by atoms with Gasteiger partial charge in [0, 0.05) is 22.4 Å². The maximum absolute atomic E-state index is 13.4. The van der Waals surface area contributed by atoms with Crippen molar-refractivity contribution in [3.8, 4) is 28.4 Å². The molecule has 0 aliphatic carbocycles. The number of halogens is 1. The lowest BCUT2D eigenvalue weighted by Crippen LogP contribution is -2.32. The number of hydrogen-bond donors (Lipinski definition) is 1. The lowest BCUT2D eigenvalue weighted by Gasteiger charge is -2.31. The third-order valence-electron chi connectivity index (χ3n) is 5.09. The summed E-state index contributed by atoms with van der Waals surface area (Å²) in [6, 6.07) is 20.9. The molecule has 1 unspecified atom stereocenters. The predicted octanol–water partition coefficient (Wildman–Crippen LogP) is 4.09. The lowest BCUT2D eigenvalue weighted by molar-refractivity contribution is 0.400. The third kappa shape index (κ3) is 2.91. The van der Waals surface area contributed by atoms with Crippen LogP contribution in [0.15, 0.2) is 77.6 Å². The van der Waals surface area contributed by atoms with E-state index in [4.69, 9.17) is 4.74 Å². The molecule has 1 aromatic heterocycles. The lowest BCUT2D eigenvalue weighted by atomic mass is 10.0. The number of anilines is 1. The summed E-state index contributed by atoms with van der Waals surface area (Å²) in [5.41, 5.74) is 2.65. The fraction of sp³-hybridized carbons (Fsp3) is 0.0870. The summed E-state index contributed by atoms with van der Waals surface area (Å²) in [7, 11) is 1.61. The first-order valence-electron chi connectivity index (χ1n) is 9.41. The van der Waals surface area contributed by atoms with Crippen molar-refractivity contribution in [2.45, 2.75) is 6.17 Å². The van der Waals surface area contributed by atoms with E-state index in [2.05, 4.69) is 15.4 Å². The highest BCUT2D eigenvalue weighted by molar-refractivity contribution is 5.77. The monoisotopic (exact) mass is 400 g/mol. The van der Waals surface area contributed by atoms with Gasteiger partial charge in [-0.05, 0) is 42.5 Å². The van der Waals surface area contributed by atoms with Crippen LogP contribution in [0.3, 0.4) is 0 Å². The summed E-state index contributed by atoms with van der Waals surface area (Å²) in [6.07, 6.45) is -0.446. The number of ether oxygens (including phenoxy) is 1. The number of methoxy groups -OCH3 is 1. The summed E-state index contributed by atoms with van der Waals surface area (Å²) in [5, 5.41) is 8.12. The Bertz CT molecular complexity index is 1300. The van der Waals surface area contributed by atoms with Gasteiger partial charge in [-0.15, -0.1) is 0 Å². The van der Waals surface area contributed by atoms with Crippen molar-refractivity contribution < 1.29 is 9.13 Å². The Morgan fingerprint density at radius 3 is 2.53 bits per heavy atom. The zero-order valence-electron chi connectivity index (χ0n) is 16.0. The van der Waals surface area contributed by atoms with Crippen LogP contribution in [-0.4, -0.2) is 21.9 Å². The van der Waals surface area contributed by atoms with Gasteiger partial charge < -0.3 is 10.1 Å². The highest BCUT2D eigenvalue weighted by atomic mass is 19.1. The first-order chi connectivity index (χ1) is 14.7. The molecule has 6 nitrogen and oxygen atoms in total. The number of nitrogens with zero attached hydrogens (tertiary/aromatic N) is 3. The zero-order chi connectivity index (χ0) is 20.7. The van der Waals surface area contributed by atoms with E-state index in [-0.39, 0.29) is 11.5 Å². The van der Waals surface area contributed by atoms with E-state index in [1.54, 1.807) is 11.8 Å². The van der Waals surface area contributed by atoms with Gasteiger partial charge in [-0.25, -0.2) is 9.07 Å². The topological polar surface area (TPSA) is 69.0 Å². The standard InChI is InChI=1S/C23H17FN4O2/c1-30-19-9-5-3-7-17(19)22-25-18-8-4-2-6-16(18)21-26-23(29)20(27-28(21)22)14-10-12-15(24)13-11-14/h2-13,22,25H,1H3. The van der Waals surface area contributed by atoms with Crippen molar-refractivity contribution in [2.75, 3.05) is 12.4 Å². The molecule has 1 aliphatic rings. The Morgan fingerprint density at radius 1 is 1.00 bits per heavy atom. The van der Waals surface area contributed by atoms with Gasteiger partial charge in [-0.1, -0.05) is 30.3 Å². The van der Waals surface area contributed by atoms with Gasteiger partial charge >= 0.3 is 0 Å². The van der Waals surface area contributed by atoms with Crippen molar-refractivity contribution in [3.63, 3.8) is 0 Å². The molecule has 1 atom stereocenters. The summed E-state index contributed by atoms with van der Waals surface area (Å²) < 4.78 is 20.6. The number of rotatable bonds is 3. The molecule has 1 N–H and O–H groups in total. The van der Waals surface area contributed by atoms with Crippen molar-refractivity contribution in [1.82, 2.24) is 14.8 Å². The van der Waals surface area contributed by atoms with Gasteiger partial charge in [-0.3, -0.25) is 4.79 Å². The van der Waals surface area contributed by atoms with E-state index in [0.29, 0.717) is 17.1 Å². The average Bonchev–Trinajstić information content (AvgIpc) is 2.79. The molecule has 0 bridgehead atoms. The molecule has 2 heterocycles. The van der Waals surface area contributed by atoms with Gasteiger partial charge in [0.1, 0.15) is 11.6 Å². The zero-order valence-corrected chi connectivity index (χ0v) is 16.0. The number of aromatic nitrogens is 3. The van der Waals surface area contributed by atoms with Crippen LogP contribution in [0.5, 0.6) is 5.75 Å². The minimum Gasteiger partial charge on any atom is -0.496 e. The number of nitrogens with one attached hydrogen (secondary N) is 1. The Labute approximate surface area is 171 Å². The van der Waals surface area contributed by atoms with E-state index in [1.807, 2.05) is 48.5 Å². The van der Waals surface area contributed by atoms with Crippen LogP contribution in [-0.2, 0) is 0 Å². The molecule has 7 heteroatoms. The molecule has 0 saturated heterocycles. The fourth-order valence-electron chi connectivity index (χ4n) is 3.67. The summed E-state index contributed by atoms with van der Waals surface area (Å²) in [6.45, 7) is 0. The van der Waals surface area contributed by atoms with Crippen LogP contribution in [0.2, 0.25) is 0 Å². The molecule has 1 aliphatic heterocycles. The van der Waals surface area contributed by atoms with Crippen LogP contribution in [0.25, 0.3) is 22.6 Å². The second kappa shape index (κ2) is 7.11. The average molecular weight is 400 g/mol. The number of benzene rings is 3. The minimum absolute atomic E-state index is 0.153. The normalized spacial score (nSPS) is 14.4. The van der Waals surface area contributed by atoms with E-state index in [1.165, 1.54) is 24.3 Å². The van der Waals surface area contributed by atoms with Crippen LogP contribution in [0, 0.1) is 5.82 Å². The van der Waals surface area contributed by atoms with E-state index in [9.17, 15) is 9.18 Å². The number of fused-ring (bicyclic) bond motifs is 3. The van der Waals surface area contributed by atoms with Gasteiger partial charge in [0.25, 0.3) is 5.56 Å². The molecule has 3 aromatic carbocycles. The van der Waals surface area contributed by atoms with Gasteiger partial charge in [0.15, 0.2) is 17.7 Å².